The number of unbranched alkanes of at least 4 members (excludes halogenated alkanes) is 1. The van der Waals surface area contributed by atoms with Gasteiger partial charge in [-0.05, 0) is 54.0 Å². The van der Waals surface area contributed by atoms with Crippen LogP contribution in [0.2, 0.25) is 0 Å². The Kier molecular flexibility index (Phi) is 5.53. The molecule has 98 valence electrons. The van der Waals surface area contributed by atoms with Crippen molar-refractivity contribution in [2.45, 2.75) is 58.2 Å². The van der Waals surface area contributed by atoms with E-state index in [1.54, 1.807) is 11.8 Å². The fourth-order valence-electron chi connectivity index (χ4n) is 1.35. The molecule has 0 spiro atoms. The second-order valence-electron chi connectivity index (χ2n) is 5.35. The number of nitrogens with one attached hydrogen (secondary N) is 1. The zero-order valence-corrected chi connectivity index (χ0v) is 12.4. The molecule has 0 saturated carbocycles. The minimum Gasteiger partial charge on any atom is -0.437 e. The van der Waals surface area contributed by atoms with E-state index in [0.29, 0.717) is 0 Å². The molecule has 0 aromatic carbocycles. The van der Waals surface area contributed by atoms with E-state index in [-0.39, 0.29) is 5.54 Å². The molecule has 1 aromatic heterocycles. The van der Waals surface area contributed by atoms with E-state index in [0.717, 1.165) is 29.0 Å². The molecule has 1 aromatic rings. The molecule has 3 nitrogen and oxygen atoms in total. The van der Waals surface area contributed by atoms with E-state index in [4.69, 9.17) is 4.42 Å². The predicted molar refractivity (Wildman–Crippen MR) is 73.7 cm³/mol. The van der Waals surface area contributed by atoms with Crippen molar-refractivity contribution in [1.29, 1.82) is 0 Å². The Balaban J connectivity index is 2.09. The van der Waals surface area contributed by atoms with Crippen molar-refractivity contribution < 1.29 is 4.42 Å². The minimum atomic E-state index is 0.226. The maximum absolute atomic E-state index is 5.51. The van der Waals surface area contributed by atoms with Crippen molar-refractivity contribution >= 4 is 11.8 Å². The average Bonchev–Trinajstić information content (AvgIpc) is 2.50. The molecule has 0 aliphatic carbocycles. The van der Waals surface area contributed by atoms with Crippen LogP contribution in [0.4, 0.5) is 0 Å². The van der Waals surface area contributed by atoms with Crippen LogP contribution in [-0.2, 0) is 0 Å². The Morgan fingerprint density at radius 3 is 2.47 bits per heavy atom. The van der Waals surface area contributed by atoms with Crippen molar-refractivity contribution in [3.63, 3.8) is 0 Å². The molecule has 1 rings (SSSR count). The van der Waals surface area contributed by atoms with Gasteiger partial charge in [0.2, 0.25) is 0 Å². The van der Waals surface area contributed by atoms with Gasteiger partial charge in [-0.2, -0.15) is 0 Å². The van der Waals surface area contributed by atoms with E-state index in [1.165, 1.54) is 12.8 Å². The van der Waals surface area contributed by atoms with Crippen molar-refractivity contribution in [3.05, 3.63) is 11.5 Å². The monoisotopic (exact) mass is 256 g/mol. The van der Waals surface area contributed by atoms with Gasteiger partial charge < -0.3 is 9.73 Å². The summed E-state index contributed by atoms with van der Waals surface area (Å²) >= 11 is 1.71. The lowest BCUT2D eigenvalue weighted by molar-refractivity contribution is 0.420. The van der Waals surface area contributed by atoms with Gasteiger partial charge in [-0.1, -0.05) is 11.8 Å². The molecular weight excluding hydrogens is 232 g/mol. The number of nitrogens with zero attached hydrogens (tertiary/aromatic N) is 1. The summed E-state index contributed by atoms with van der Waals surface area (Å²) in [6.45, 7) is 11.6. The highest BCUT2D eigenvalue weighted by atomic mass is 32.2. The van der Waals surface area contributed by atoms with Crippen LogP contribution in [0.15, 0.2) is 9.64 Å². The molecule has 0 radical (unpaired) electrons. The SMILES string of the molecule is Cc1nc(SCCCCNC(C)(C)C)oc1C. The maximum atomic E-state index is 5.51. The molecular formula is C13H24N2OS. The standard InChI is InChI=1S/C13H24N2OS/c1-10-11(2)16-12(15-10)17-9-7-6-8-14-13(3,4)5/h14H,6-9H2,1-5H3. The Labute approximate surface area is 109 Å². The van der Waals surface area contributed by atoms with Crippen LogP contribution in [0.5, 0.6) is 0 Å². The number of hydrogen-bond acceptors (Lipinski definition) is 4. The lowest BCUT2D eigenvalue weighted by Gasteiger charge is -2.20. The lowest BCUT2D eigenvalue weighted by Crippen LogP contribution is -2.36. The zero-order valence-electron chi connectivity index (χ0n) is 11.6. The molecule has 17 heavy (non-hydrogen) atoms. The largest absolute Gasteiger partial charge is 0.437 e. The molecule has 0 amide bonds. The highest BCUT2D eigenvalue weighted by Gasteiger charge is 2.08. The van der Waals surface area contributed by atoms with Gasteiger partial charge in [0, 0.05) is 11.3 Å². The summed E-state index contributed by atoms with van der Waals surface area (Å²) in [6, 6.07) is 0. The molecule has 0 unspecified atom stereocenters. The van der Waals surface area contributed by atoms with E-state index >= 15 is 0 Å². The van der Waals surface area contributed by atoms with Gasteiger partial charge in [0.15, 0.2) is 0 Å². The van der Waals surface area contributed by atoms with Crippen molar-refractivity contribution in [1.82, 2.24) is 10.3 Å². The maximum Gasteiger partial charge on any atom is 0.256 e. The zero-order chi connectivity index (χ0) is 12.9. The summed E-state index contributed by atoms with van der Waals surface area (Å²) in [7, 11) is 0. The van der Waals surface area contributed by atoms with Gasteiger partial charge in [-0.15, -0.1) is 0 Å². The quantitative estimate of drug-likeness (QED) is 0.624. The summed E-state index contributed by atoms with van der Waals surface area (Å²) in [5.74, 6) is 2.01. The Bertz CT molecular complexity index is 322. The highest BCUT2D eigenvalue weighted by molar-refractivity contribution is 7.99. The first-order valence-corrected chi connectivity index (χ1v) is 7.19. The minimum absolute atomic E-state index is 0.226. The van der Waals surface area contributed by atoms with Gasteiger partial charge >= 0.3 is 0 Å². The van der Waals surface area contributed by atoms with Gasteiger partial charge in [-0.25, -0.2) is 4.98 Å². The smallest absolute Gasteiger partial charge is 0.256 e. The van der Waals surface area contributed by atoms with Crippen molar-refractivity contribution in [2.24, 2.45) is 0 Å². The topological polar surface area (TPSA) is 38.1 Å². The van der Waals surface area contributed by atoms with Crippen LogP contribution in [0, 0.1) is 13.8 Å². The number of rotatable bonds is 6. The van der Waals surface area contributed by atoms with Crippen LogP contribution in [-0.4, -0.2) is 22.8 Å². The molecule has 1 N–H and O–H groups in total. The normalized spacial score (nSPS) is 12.1. The Morgan fingerprint density at radius 1 is 1.24 bits per heavy atom. The average molecular weight is 256 g/mol. The second-order valence-corrected chi connectivity index (χ2v) is 6.40. The fourth-order valence-corrected chi connectivity index (χ4v) is 2.26. The first-order chi connectivity index (χ1) is 7.88. The molecule has 0 aliphatic heterocycles. The highest BCUT2D eigenvalue weighted by Crippen LogP contribution is 2.20. The summed E-state index contributed by atoms with van der Waals surface area (Å²) in [4.78, 5) is 4.35. The molecule has 1 heterocycles. The molecule has 0 saturated heterocycles. The molecule has 0 bridgehead atoms. The number of oxazole rings is 1. The van der Waals surface area contributed by atoms with Crippen LogP contribution < -0.4 is 5.32 Å². The van der Waals surface area contributed by atoms with Crippen LogP contribution in [0.25, 0.3) is 0 Å². The van der Waals surface area contributed by atoms with E-state index < -0.39 is 0 Å². The molecule has 0 fully saturated rings. The lowest BCUT2D eigenvalue weighted by atomic mass is 10.1. The predicted octanol–water partition coefficient (Wildman–Crippen LogP) is 3.55. The van der Waals surface area contributed by atoms with Crippen molar-refractivity contribution in [2.75, 3.05) is 12.3 Å². The third-order valence-electron chi connectivity index (χ3n) is 2.46. The van der Waals surface area contributed by atoms with Crippen LogP contribution >= 0.6 is 11.8 Å². The van der Waals surface area contributed by atoms with Gasteiger partial charge in [-0.3, -0.25) is 0 Å². The second kappa shape index (κ2) is 6.45. The molecule has 0 aliphatic rings. The van der Waals surface area contributed by atoms with Gasteiger partial charge in [0.05, 0.1) is 5.69 Å². The number of hydrogen-bond donors (Lipinski definition) is 1. The third kappa shape index (κ3) is 6.13. The van der Waals surface area contributed by atoms with Gasteiger partial charge in [0.25, 0.3) is 5.22 Å². The van der Waals surface area contributed by atoms with E-state index in [1.807, 2.05) is 13.8 Å². The third-order valence-corrected chi connectivity index (χ3v) is 3.38. The number of aryl methyl sites for hydroxylation is 2. The van der Waals surface area contributed by atoms with Gasteiger partial charge in [0.1, 0.15) is 5.76 Å². The fraction of sp³-hybridized carbons (Fsp3) is 0.769. The Morgan fingerprint density at radius 2 is 1.94 bits per heavy atom. The van der Waals surface area contributed by atoms with E-state index in [2.05, 4.69) is 31.1 Å². The number of thioether (sulfide) groups is 1. The summed E-state index contributed by atoms with van der Waals surface area (Å²) in [5, 5.41) is 4.29. The molecule has 4 heteroatoms. The summed E-state index contributed by atoms with van der Waals surface area (Å²) in [6.07, 6.45) is 2.39. The van der Waals surface area contributed by atoms with Crippen LogP contribution in [0.3, 0.4) is 0 Å². The van der Waals surface area contributed by atoms with Crippen LogP contribution in [0.1, 0.15) is 45.1 Å². The Hall–Kier alpha value is -0.480. The molecule has 0 atom stereocenters. The number of aromatic nitrogens is 1. The summed E-state index contributed by atoms with van der Waals surface area (Å²) < 4.78 is 5.51. The first kappa shape index (κ1) is 14.6. The van der Waals surface area contributed by atoms with E-state index in [9.17, 15) is 0 Å². The van der Waals surface area contributed by atoms with Crippen molar-refractivity contribution in [3.8, 4) is 0 Å². The first-order valence-electron chi connectivity index (χ1n) is 6.20. The summed E-state index contributed by atoms with van der Waals surface area (Å²) in [5.41, 5.74) is 1.23.